The number of aromatic nitrogens is 3. The van der Waals surface area contributed by atoms with Crippen LogP contribution in [0.3, 0.4) is 0 Å². The molecule has 0 aliphatic heterocycles. The Kier molecular flexibility index (Phi) is 6.02. The number of aliphatic hydroxyl groups excluding tert-OH is 1. The highest BCUT2D eigenvalue weighted by Gasteiger charge is 2.29. The maximum absolute atomic E-state index is 12.7. The summed E-state index contributed by atoms with van der Waals surface area (Å²) in [5, 5.41) is 15.8. The van der Waals surface area contributed by atoms with E-state index in [9.17, 15) is 18.3 Å². The summed E-state index contributed by atoms with van der Waals surface area (Å²) in [6.45, 7) is 2.69. The van der Waals surface area contributed by atoms with Crippen molar-refractivity contribution in [2.24, 2.45) is 5.92 Å². The number of alkyl halides is 3. The molecule has 4 rings (SSSR count). The summed E-state index contributed by atoms with van der Waals surface area (Å²) in [6.07, 6.45) is -1.83. The van der Waals surface area contributed by atoms with Crippen molar-refractivity contribution < 1.29 is 18.3 Å². The van der Waals surface area contributed by atoms with Crippen molar-refractivity contribution >= 4 is 33.3 Å². The first-order chi connectivity index (χ1) is 14.7. The monoisotopic (exact) mass is 451 g/mol. The van der Waals surface area contributed by atoms with Crippen molar-refractivity contribution in [1.29, 1.82) is 0 Å². The number of aliphatic hydroxyl groups is 1. The molecule has 166 valence electrons. The summed E-state index contributed by atoms with van der Waals surface area (Å²) < 4.78 is 39.1. The maximum Gasteiger partial charge on any atom is 0.405 e. The summed E-state index contributed by atoms with van der Waals surface area (Å²) in [6, 6.07) is 6.08. The summed E-state index contributed by atoms with van der Waals surface area (Å²) in [5.74, 6) is 0.614. The minimum absolute atomic E-state index is 0.0743. The van der Waals surface area contributed by atoms with E-state index in [1.807, 2.05) is 19.1 Å². The van der Waals surface area contributed by atoms with E-state index in [4.69, 9.17) is 4.98 Å². The number of hydrogen-bond donors (Lipinski definition) is 3. The molecule has 31 heavy (non-hydrogen) atoms. The molecule has 0 bridgehead atoms. The zero-order valence-corrected chi connectivity index (χ0v) is 18.1. The van der Waals surface area contributed by atoms with Crippen LogP contribution >= 0.6 is 11.3 Å². The van der Waals surface area contributed by atoms with E-state index in [1.54, 1.807) is 6.92 Å². The molecule has 3 N–H and O–H groups in total. The first-order valence-electron chi connectivity index (χ1n) is 10.2. The van der Waals surface area contributed by atoms with Crippen LogP contribution in [0.15, 0.2) is 18.2 Å². The first kappa shape index (κ1) is 21.8. The quantitative estimate of drug-likeness (QED) is 0.494. The minimum atomic E-state index is -4.37. The Morgan fingerprint density at radius 2 is 1.97 bits per heavy atom. The lowest BCUT2D eigenvalue weighted by molar-refractivity contribution is -0.115. The third-order valence-corrected chi connectivity index (χ3v) is 6.47. The Balaban J connectivity index is 1.72. The van der Waals surface area contributed by atoms with Gasteiger partial charge in [-0.25, -0.2) is 9.97 Å². The molecular weight excluding hydrogens is 427 g/mol. The van der Waals surface area contributed by atoms with Crippen LogP contribution in [0.4, 0.5) is 24.9 Å². The predicted octanol–water partition coefficient (Wildman–Crippen LogP) is 4.92. The highest BCUT2D eigenvalue weighted by molar-refractivity contribution is 7.21. The molecule has 2 unspecified atom stereocenters. The van der Waals surface area contributed by atoms with Crippen molar-refractivity contribution in [1.82, 2.24) is 15.0 Å². The van der Waals surface area contributed by atoms with Gasteiger partial charge in [0.25, 0.3) is 0 Å². The van der Waals surface area contributed by atoms with Crippen LogP contribution in [-0.2, 0) is 0 Å². The second-order valence-electron chi connectivity index (χ2n) is 8.02. The summed E-state index contributed by atoms with van der Waals surface area (Å²) >= 11 is 1.51. The van der Waals surface area contributed by atoms with Gasteiger partial charge in [0.15, 0.2) is 0 Å². The standard InChI is InChI=1S/C21H24F3N5OS/c1-11-3-6-15-16(7-11)31-19(28-15)17-12(2)26-20(25-10-21(22,23)24)29-18(17)27-14-5-4-13(8-14)9-30/h3,6-7,13-14,30H,4-5,8-10H2,1-2H3,(H2,25,26,27,29). The van der Waals surface area contributed by atoms with E-state index >= 15 is 0 Å². The molecule has 1 aliphatic carbocycles. The predicted molar refractivity (Wildman–Crippen MR) is 117 cm³/mol. The molecule has 0 saturated heterocycles. The molecule has 1 saturated carbocycles. The van der Waals surface area contributed by atoms with Gasteiger partial charge in [0.05, 0.1) is 21.5 Å². The molecule has 6 nitrogen and oxygen atoms in total. The number of rotatable bonds is 6. The number of aryl methyl sites for hydroxylation is 2. The van der Waals surface area contributed by atoms with Gasteiger partial charge >= 0.3 is 6.18 Å². The fraction of sp³-hybridized carbons (Fsp3) is 0.476. The van der Waals surface area contributed by atoms with Gasteiger partial charge in [0, 0.05) is 12.6 Å². The van der Waals surface area contributed by atoms with E-state index in [2.05, 4.69) is 26.7 Å². The number of benzene rings is 1. The largest absolute Gasteiger partial charge is 0.405 e. The van der Waals surface area contributed by atoms with Gasteiger partial charge < -0.3 is 15.7 Å². The van der Waals surface area contributed by atoms with Gasteiger partial charge in [0.2, 0.25) is 5.95 Å². The fourth-order valence-electron chi connectivity index (χ4n) is 3.90. The topological polar surface area (TPSA) is 83.0 Å². The van der Waals surface area contributed by atoms with Crippen molar-refractivity contribution in [2.75, 3.05) is 23.8 Å². The molecule has 1 fully saturated rings. The zero-order valence-electron chi connectivity index (χ0n) is 17.3. The number of fused-ring (bicyclic) bond motifs is 1. The molecule has 0 spiro atoms. The number of hydrogen-bond acceptors (Lipinski definition) is 7. The van der Waals surface area contributed by atoms with Crippen LogP contribution in [0.1, 0.15) is 30.5 Å². The first-order valence-corrected chi connectivity index (χ1v) is 11.0. The van der Waals surface area contributed by atoms with Gasteiger partial charge in [-0.3, -0.25) is 0 Å². The average molecular weight is 452 g/mol. The zero-order chi connectivity index (χ0) is 22.2. The third-order valence-electron chi connectivity index (χ3n) is 5.43. The minimum Gasteiger partial charge on any atom is -0.396 e. The molecule has 2 aromatic heterocycles. The Morgan fingerprint density at radius 1 is 1.16 bits per heavy atom. The van der Waals surface area contributed by atoms with E-state index in [-0.39, 0.29) is 24.5 Å². The number of halogens is 3. The van der Waals surface area contributed by atoms with Crippen molar-refractivity contribution in [3.63, 3.8) is 0 Å². The molecule has 0 amide bonds. The van der Waals surface area contributed by atoms with Gasteiger partial charge in [-0.1, -0.05) is 6.07 Å². The average Bonchev–Trinajstić information content (AvgIpc) is 3.31. The van der Waals surface area contributed by atoms with E-state index in [0.717, 1.165) is 40.1 Å². The number of anilines is 2. The van der Waals surface area contributed by atoms with E-state index in [0.29, 0.717) is 17.1 Å². The van der Waals surface area contributed by atoms with Crippen LogP contribution in [0.25, 0.3) is 20.8 Å². The summed E-state index contributed by atoms with van der Waals surface area (Å²) in [4.78, 5) is 13.4. The number of thiazole rings is 1. The highest BCUT2D eigenvalue weighted by Crippen LogP contribution is 2.38. The third kappa shape index (κ3) is 5.07. The molecular formula is C21H24F3N5OS. The molecule has 3 aromatic rings. The van der Waals surface area contributed by atoms with Crippen molar-refractivity contribution in [2.45, 2.75) is 45.3 Å². The van der Waals surface area contributed by atoms with Crippen LogP contribution in [0, 0.1) is 19.8 Å². The normalized spacial score (nSPS) is 19.2. The van der Waals surface area contributed by atoms with Crippen LogP contribution < -0.4 is 10.6 Å². The van der Waals surface area contributed by atoms with E-state index < -0.39 is 12.7 Å². The molecule has 1 aliphatic rings. The van der Waals surface area contributed by atoms with Gasteiger partial charge in [0.1, 0.15) is 17.4 Å². The molecule has 0 radical (unpaired) electrons. The van der Waals surface area contributed by atoms with Gasteiger partial charge in [-0.05, 0) is 56.7 Å². The molecule has 1 aromatic carbocycles. The summed E-state index contributed by atoms with van der Waals surface area (Å²) in [7, 11) is 0. The van der Waals surface area contributed by atoms with Crippen LogP contribution in [0.2, 0.25) is 0 Å². The Morgan fingerprint density at radius 3 is 2.68 bits per heavy atom. The van der Waals surface area contributed by atoms with Crippen molar-refractivity contribution in [3.05, 3.63) is 29.5 Å². The Bertz CT molecular complexity index is 1080. The molecule has 10 heteroatoms. The maximum atomic E-state index is 12.7. The van der Waals surface area contributed by atoms with Crippen LogP contribution in [0.5, 0.6) is 0 Å². The summed E-state index contributed by atoms with van der Waals surface area (Å²) in [5.41, 5.74) is 3.23. The van der Waals surface area contributed by atoms with Crippen molar-refractivity contribution in [3.8, 4) is 10.6 Å². The Labute approximate surface area is 182 Å². The van der Waals surface area contributed by atoms with Gasteiger partial charge in [-0.15, -0.1) is 11.3 Å². The smallest absolute Gasteiger partial charge is 0.396 e. The number of nitrogens with zero attached hydrogens (tertiary/aromatic N) is 3. The SMILES string of the molecule is Cc1ccc2nc(-c3c(C)nc(NCC(F)(F)F)nc3NC3CCC(CO)C3)sc2c1. The molecule has 2 heterocycles. The lowest BCUT2D eigenvalue weighted by atomic mass is 10.1. The lowest BCUT2D eigenvalue weighted by Crippen LogP contribution is -2.24. The second-order valence-corrected chi connectivity index (χ2v) is 9.05. The highest BCUT2D eigenvalue weighted by atomic mass is 32.1. The fourth-order valence-corrected chi connectivity index (χ4v) is 5.06. The van der Waals surface area contributed by atoms with E-state index in [1.165, 1.54) is 11.3 Å². The lowest BCUT2D eigenvalue weighted by Gasteiger charge is -2.18. The number of nitrogens with one attached hydrogen (secondary N) is 2. The Hall–Kier alpha value is -2.46. The van der Waals surface area contributed by atoms with Crippen LogP contribution in [-0.4, -0.2) is 45.4 Å². The van der Waals surface area contributed by atoms with Gasteiger partial charge in [-0.2, -0.15) is 18.2 Å². The second kappa shape index (κ2) is 8.58. The molecule has 2 atom stereocenters.